The first-order chi connectivity index (χ1) is 24.2. The predicted molar refractivity (Wildman–Crippen MR) is 189 cm³/mol. The topological polar surface area (TPSA) is 124 Å². The summed E-state index contributed by atoms with van der Waals surface area (Å²) >= 11 is 0. The van der Waals surface area contributed by atoms with Gasteiger partial charge in [-0.1, -0.05) is 6.42 Å². The van der Waals surface area contributed by atoms with Crippen molar-refractivity contribution in [3.05, 3.63) is 76.5 Å². The van der Waals surface area contributed by atoms with Gasteiger partial charge in [0.25, 0.3) is 11.8 Å². The number of hydrogen-bond donors (Lipinski definition) is 2. The highest BCUT2D eigenvalue weighted by molar-refractivity contribution is 5.99. The van der Waals surface area contributed by atoms with E-state index in [4.69, 9.17) is 20.7 Å². The number of halogens is 1. The van der Waals surface area contributed by atoms with Crippen LogP contribution in [0.5, 0.6) is 0 Å². The number of amides is 2. The van der Waals surface area contributed by atoms with Crippen molar-refractivity contribution in [3.8, 4) is 11.5 Å². The van der Waals surface area contributed by atoms with Crippen molar-refractivity contribution in [2.75, 3.05) is 6.54 Å². The number of benzene rings is 1. The molecule has 0 unspecified atom stereocenters. The summed E-state index contributed by atoms with van der Waals surface area (Å²) in [7, 11) is 0. The molecule has 5 aromatic rings. The number of fused-ring (bicyclic) bond motifs is 5. The van der Waals surface area contributed by atoms with Crippen LogP contribution in [0.3, 0.4) is 0 Å². The quantitative estimate of drug-likeness (QED) is 0.228. The van der Waals surface area contributed by atoms with Crippen LogP contribution in [0.4, 0.5) is 4.39 Å². The Morgan fingerprint density at radius 1 is 0.980 bits per heavy atom. The molecule has 2 amide bonds. The number of carbonyl (C=O) groups excluding carboxylic acids is 2. The first-order valence-electron chi connectivity index (χ1n) is 18.3. The minimum Gasteiger partial charge on any atom is -0.344 e. The third-order valence-electron chi connectivity index (χ3n) is 11.5. The molecule has 4 atom stereocenters. The summed E-state index contributed by atoms with van der Waals surface area (Å²) in [6, 6.07) is 13.0. The summed E-state index contributed by atoms with van der Waals surface area (Å²) < 4.78 is 20.5. The van der Waals surface area contributed by atoms with Crippen molar-refractivity contribution >= 4 is 33.9 Å². The Bertz CT molecular complexity index is 2180. The summed E-state index contributed by atoms with van der Waals surface area (Å²) in [6.45, 7) is 5.12. The van der Waals surface area contributed by atoms with Crippen LogP contribution in [-0.2, 0) is 13.0 Å². The smallest absolute Gasteiger partial charge is 0.254 e. The zero-order valence-corrected chi connectivity index (χ0v) is 28.7. The van der Waals surface area contributed by atoms with Gasteiger partial charge in [-0.2, -0.15) is 0 Å². The van der Waals surface area contributed by atoms with E-state index in [1.807, 2.05) is 43.0 Å². The zero-order chi connectivity index (χ0) is 34.3. The molecule has 1 saturated heterocycles. The Hall–Kier alpha value is -4.64. The van der Waals surface area contributed by atoms with Crippen molar-refractivity contribution in [1.29, 1.82) is 0 Å². The summed E-state index contributed by atoms with van der Waals surface area (Å²) in [5.41, 5.74) is 12.5. The number of likely N-dealkylation sites (tertiary alicyclic amines) is 1. The second-order valence-corrected chi connectivity index (χ2v) is 15.0. The van der Waals surface area contributed by atoms with E-state index in [2.05, 4.69) is 20.5 Å². The van der Waals surface area contributed by atoms with Gasteiger partial charge in [0, 0.05) is 47.9 Å². The Balaban J connectivity index is 1.12. The molecule has 6 heterocycles. The van der Waals surface area contributed by atoms with E-state index in [9.17, 15) is 9.59 Å². The normalized spacial score (nSPS) is 24.1. The number of carbonyl (C=O) groups is 2. The molecule has 4 bridgehead atoms. The van der Waals surface area contributed by atoms with Gasteiger partial charge in [0.1, 0.15) is 17.0 Å². The number of aromatic nitrogens is 5. The summed E-state index contributed by atoms with van der Waals surface area (Å²) in [5, 5.41) is 4.11. The second kappa shape index (κ2) is 12.0. The van der Waals surface area contributed by atoms with Crippen molar-refractivity contribution < 1.29 is 14.0 Å². The Labute approximate surface area is 290 Å². The van der Waals surface area contributed by atoms with Gasteiger partial charge < -0.3 is 25.1 Å². The van der Waals surface area contributed by atoms with Crippen LogP contribution in [0.25, 0.3) is 33.6 Å². The Morgan fingerprint density at radius 3 is 2.66 bits per heavy atom. The van der Waals surface area contributed by atoms with Crippen LogP contribution in [0.15, 0.2) is 42.5 Å². The maximum atomic E-state index is 16.3. The van der Waals surface area contributed by atoms with Gasteiger partial charge in [-0.3, -0.25) is 14.6 Å². The van der Waals surface area contributed by atoms with Crippen molar-refractivity contribution in [2.45, 2.75) is 102 Å². The van der Waals surface area contributed by atoms with Gasteiger partial charge in [0.05, 0.1) is 34.2 Å². The molecule has 2 saturated carbocycles. The van der Waals surface area contributed by atoms with E-state index >= 15 is 4.39 Å². The molecular weight excluding hydrogens is 631 g/mol. The highest BCUT2D eigenvalue weighted by Gasteiger charge is 2.41. The van der Waals surface area contributed by atoms with Crippen molar-refractivity contribution in [2.24, 2.45) is 11.7 Å². The highest BCUT2D eigenvalue weighted by Crippen LogP contribution is 2.44. The van der Waals surface area contributed by atoms with Crippen molar-refractivity contribution in [1.82, 2.24) is 34.3 Å². The number of imidazole rings is 1. The van der Waals surface area contributed by atoms with Gasteiger partial charge in [-0.25, -0.2) is 14.4 Å². The van der Waals surface area contributed by atoms with Gasteiger partial charge in [-0.15, -0.1) is 0 Å². The van der Waals surface area contributed by atoms with Crippen LogP contribution in [0.1, 0.15) is 108 Å². The third kappa shape index (κ3) is 5.28. The van der Waals surface area contributed by atoms with Crippen LogP contribution in [0, 0.1) is 18.7 Å². The molecule has 2 aliphatic carbocycles. The van der Waals surface area contributed by atoms with E-state index < -0.39 is 5.82 Å². The number of nitrogens with zero attached hydrogens (tertiary/aromatic N) is 6. The van der Waals surface area contributed by atoms with Crippen molar-refractivity contribution in [3.63, 3.8) is 0 Å². The molecule has 0 radical (unpaired) electrons. The first kappa shape index (κ1) is 31.3. The minimum absolute atomic E-state index is 0.0400. The van der Waals surface area contributed by atoms with E-state index in [1.165, 1.54) is 6.07 Å². The van der Waals surface area contributed by atoms with Crippen LogP contribution >= 0.6 is 0 Å². The van der Waals surface area contributed by atoms with E-state index in [-0.39, 0.29) is 36.0 Å². The highest BCUT2D eigenvalue weighted by atomic mass is 19.1. The number of piperidine rings is 1. The summed E-state index contributed by atoms with van der Waals surface area (Å²) in [4.78, 5) is 44.1. The second-order valence-electron chi connectivity index (χ2n) is 15.0. The number of nitrogens with two attached hydrogens (primary N) is 1. The number of rotatable bonds is 3. The molecule has 3 fully saturated rings. The van der Waals surface area contributed by atoms with Gasteiger partial charge >= 0.3 is 0 Å². The summed E-state index contributed by atoms with van der Waals surface area (Å²) in [5.74, 6) is 0.425. The molecule has 2 aliphatic heterocycles. The summed E-state index contributed by atoms with van der Waals surface area (Å²) in [6.07, 6.45) is 8.25. The average Bonchev–Trinajstić information content (AvgIpc) is 3.57. The monoisotopic (exact) mass is 674 g/mol. The number of pyridine rings is 2. The maximum Gasteiger partial charge on any atom is 0.254 e. The molecule has 1 aromatic carbocycles. The predicted octanol–water partition coefficient (Wildman–Crippen LogP) is 6.40. The molecule has 50 heavy (non-hydrogen) atoms. The molecule has 258 valence electrons. The lowest BCUT2D eigenvalue weighted by molar-refractivity contribution is 0.0603. The van der Waals surface area contributed by atoms with Gasteiger partial charge in [0.2, 0.25) is 0 Å². The fourth-order valence-corrected chi connectivity index (χ4v) is 8.67. The lowest BCUT2D eigenvalue weighted by Gasteiger charge is -2.37. The van der Waals surface area contributed by atoms with Gasteiger partial charge in [0.15, 0.2) is 5.82 Å². The van der Waals surface area contributed by atoms with Crippen LogP contribution < -0.4 is 11.1 Å². The molecule has 11 heteroatoms. The Kier molecular flexibility index (Phi) is 7.53. The molecule has 10 nitrogen and oxygen atoms in total. The lowest BCUT2D eigenvalue weighted by atomic mass is 9.94. The lowest BCUT2D eigenvalue weighted by Crippen LogP contribution is -2.51. The number of nitrogens with one attached hydrogen (secondary N) is 1. The Morgan fingerprint density at radius 2 is 1.82 bits per heavy atom. The van der Waals surface area contributed by atoms with Crippen LogP contribution in [-0.4, -0.2) is 59.4 Å². The minimum atomic E-state index is -0.423. The molecule has 3 N–H and O–H groups in total. The third-order valence-corrected chi connectivity index (χ3v) is 11.5. The molecule has 0 spiro atoms. The van der Waals surface area contributed by atoms with Gasteiger partial charge in [-0.05, 0) is 114 Å². The SMILES string of the molecule is Cc1ccc2c(n1)CCCCCn1c(-c3nc4cc(C(=O)N5C[C@H](N)[C@@H]6CC[C@H]5C6)cc(F)c4n3C3CC3)cc3ccc(nc31)[C@@H](C)NC2=O. The fraction of sp³-hybridized carbons (Fsp3) is 0.462. The molecular formula is C39H43FN8O2. The molecule has 9 rings (SSSR count). The number of hydrogen-bond acceptors (Lipinski definition) is 6. The number of aryl methyl sites for hydroxylation is 3. The fourth-order valence-electron chi connectivity index (χ4n) is 8.67. The standard InChI is InChI=1S/C39H43FN8O2/c1-21-7-13-28-32(42-21)6-4-3-5-15-46-34(19-24-9-14-31(44-36(24)46)22(2)43-38(28)49)37-45-33-18-25(17-29(40)35(33)48(37)26-11-12-26)39(50)47-20-30(41)23-8-10-27(47)16-23/h7,9,13-14,17-19,22-23,26-27,30H,3-6,8,10-12,15-16,20,41H2,1-2H3,(H,43,49)/t22-,23-,27+,30+/m1/s1. The van der Waals surface area contributed by atoms with E-state index in [1.54, 1.807) is 6.07 Å². The maximum absolute atomic E-state index is 16.3. The van der Waals surface area contributed by atoms with E-state index in [0.717, 1.165) is 91.6 Å². The largest absolute Gasteiger partial charge is 0.344 e. The molecule has 4 aromatic heterocycles. The van der Waals surface area contributed by atoms with E-state index in [0.29, 0.717) is 47.0 Å². The first-order valence-corrected chi connectivity index (χ1v) is 18.3. The zero-order valence-electron chi connectivity index (χ0n) is 28.7. The molecule has 4 aliphatic rings. The van der Waals surface area contributed by atoms with Crippen LogP contribution in [0.2, 0.25) is 0 Å². The average molecular weight is 675 g/mol.